The summed E-state index contributed by atoms with van der Waals surface area (Å²) >= 11 is 0. The lowest BCUT2D eigenvalue weighted by Crippen LogP contribution is -2.12. The molecule has 0 unspecified atom stereocenters. The van der Waals surface area contributed by atoms with Gasteiger partial charge in [0, 0.05) is 37.2 Å². The minimum atomic E-state index is -0.382. The Balaban J connectivity index is 2.71. The highest BCUT2D eigenvalue weighted by molar-refractivity contribution is 5.74. The van der Waals surface area contributed by atoms with Gasteiger partial charge in [0.05, 0.1) is 5.69 Å². The molecule has 0 aliphatic rings. The van der Waals surface area contributed by atoms with Crippen molar-refractivity contribution in [3.05, 3.63) is 57.4 Å². The van der Waals surface area contributed by atoms with Crippen LogP contribution in [0.4, 0.5) is 0 Å². The first kappa shape index (κ1) is 15.5. The van der Waals surface area contributed by atoms with Gasteiger partial charge in [0.15, 0.2) is 0 Å². The van der Waals surface area contributed by atoms with Crippen LogP contribution in [0, 0.1) is 25.2 Å². The average molecular weight is 294 g/mol. The van der Waals surface area contributed by atoms with Crippen LogP contribution in [0.2, 0.25) is 0 Å². The van der Waals surface area contributed by atoms with E-state index in [0.29, 0.717) is 5.69 Å². The lowest BCUT2D eigenvalue weighted by Gasteiger charge is -2.10. The van der Waals surface area contributed by atoms with Gasteiger partial charge >= 0.3 is 0 Å². The highest BCUT2D eigenvalue weighted by atomic mass is 16.1. The van der Waals surface area contributed by atoms with Crippen molar-refractivity contribution in [1.82, 2.24) is 14.9 Å². The number of pyridine rings is 2. The maximum atomic E-state index is 11.9. The smallest absolute Gasteiger partial charge is 0.266 e. The lowest BCUT2D eigenvalue weighted by atomic mass is 10.0. The molecule has 5 heteroatoms. The van der Waals surface area contributed by atoms with Gasteiger partial charge < -0.3 is 9.88 Å². The molecule has 2 aromatic rings. The van der Waals surface area contributed by atoms with Gasteiger partial charge in [0.2, 0.25) is 0 Å². The van der Waals surface area contributed by atoms with Crippen molar-refractivity contribution in [2.24, 2.45) is 0 Å². The van der Waals surface area contributed by atoms with Crippen molar-refractivity contribution >= 4 is 6.08 Å². The Morgan fingerprint density at radius 1 is 1.23 bits per heavy atom. The molecule has 112 valence electrons. The van der Waals surface area contributed by atoms with Crippen LogP contribution in [-0.2, 0) is 0 Å². The van der Waals surface area contributed by atoms with Crippen molar-refractivity contribution in [2.75, 3.05) is 14.1 Å². The van der Waals surface area contributed by atoms with Gasteiger partial charge in [-0.1, -0.05) is 0 Å². The lowest BCUT2D eigenvalue weighted by molar-refractivity contribution is 0.567. The topological polar surface area (TPSA) is 72.8 Å². The van der Waals surface area contributed by atoms with Crippen molar-refractivity contribution in [3.8, 4) is 17.2 Å². The molecule has 0 radical (unpaired) electrons. The third kappa shape index (κ3) is 3.41. The van der Waals surface area contributed by atoms with E-state index in [1.54, 1.807) is 6.07 Å². The van der Waals surface area contributed by atoms with Crippen molar-refractivity contribution in [1.29, 1.82) is 5.26 Å². The Bertz CT molecular complexity index is 805. The third-order valence-electron chi connectivity index (χ3n) is 3.12. The number of nitriles is 1. The molecule has 1 N–H and O–H groups in total. The van der Waals surface area contributed by atoms with E-state index >= 15 is 0 Å². The monoisotopic (exact) mass is 294 g/mol. The minimum absolute atomic E-state index is 0.101. The molecule has 0 saturated carbocycles. The number of aromatic amines is 1. The number of H-pyrrole nitrogens is 1. The molecule has 0 fully saturated rings. The van der Waals surface area contributed by atoms with Gasteiger partial charge in [-0.25, -0.2) is 0 Å². The van der Waals surface area contributed by atoms with Crippen LogP contribution >= 0.6 is 0 Å². The van der Waals surface area contributed by atoms with Gasteiger partial charge in [-0.2, -0.15) is 5.26 Å². The summed E-state index contributed by atoms with van der Waals surface area (Å²) in [6, 6.07) is 7.44. The molecule has 5 nitrogen and oxygen atoms in total. The molecule has 22 heavy (non-hydrogen) atoms. The largest absolute Gasteiger partial charge is 0.383 e. The first-order chi connectivity index (χ1) is 10.4. The maximum absolute atomic E-state index is 11.9. The SMILES string of the molecule is Cc1cc(-c2cc(C#N)c(=O)[nH]c2/C=C/N(C)C)cc(C)n1. The zero-order valence-corrected chi connectivity index (χ0v) is 13.1. The summed E-state index contributed by atoms with van der Waals surface area (Å²) in [6.45, 7) is 3.84. The average Bonchev–Trinajstić information content (AvgIpc) is 2.44. The van der Waals surface area contributed by atoms with Gasteiger partial charge in [0.1, 0.15) is 11.6 Å². The molecule has 2 rings (SSSR count). The molecule has 2 heterocycles. The summed E-state index contributed by atoms with van der Waals surface area (Å²) in [5, 5.41) is 9.10. The molecule has 0 aliphatic carbocycles. The van der Waals surface area contributed by atoms with E-state index in [1.807, 2.05) is 63.3 Å². The predicted octanol–water partition coefficient (Wildman–Crippen LogP) is 2.46. The van der Waals surface area contributed by atoms with Crippen molar-refractivity contribution in [3.63, 3.8) is 0 Å². The highest BCUT2D eigenvalue weighted by Crippen LogP contribution is 2.24. The second kappa shape index (κ2) is 6.27. The summed E-state index contributed by atoms with van der Waals surface area (Å²) in [4.78, 5) is 20.9. The van der Waals surface area contributed by atoms with Crippen LogP contribution < -0.4 is 5.56 Å². The molecular weight excluding hydrogens is 276 g/mol. The second-order valence-corrected chi connectivity index (χ2v) is 5.37. The number of rotatable bonds is 3. The van der Waals surface area contributed by atoms with E-state index in [-0.39, 0.29) is 11.1 Å². The molecule has 2 aromatic heterocycles. The Morgan fingerprint density at radius 3 is 2.41 bits per heavy atom. The zero-order chi connectivity index (χ0) is 16.3. The zero-order valence-electron chi connectivity index (χ0n) is 13.1. The van der Waals surface area contributed by atoms with E-state index in [4.69, 9.17) is 5.26 Å². The van der Waals surface area contributed by atoms with E-state index < -0.39 is 0 Å². The highest BCUT2D eigenvalue weighted by Gasteiger charge is 2.10. The fraction of sp³-hybridized carbons (Fsp3) is 0.235. The van der Waals surface area contributed by atoms with E-state index in [9.17, 15) is 4.79 Å². The van der Waals surface area contributed by atoms with Crippen LogP contribution in [0.25, 0.3) is 17.2 Å². The van der Waals surface area contributed by atoms with Gasteiger partial charge in [0.25, 0.3) is 5.56 Å². The van der Waals surface area contributed by atoms with Crippen molar-refractivity contribution < 1.29 is 0 Å². The standard InChI is InChI=1S/C17H18N4O/c1-11-7-13(8-12(2)19-11)15-9-14(10-18)17(22)20-16(15)5-6-21(3)4/h5-9H,1-4H3,(H,20,22)/b6-5+. The first-order valence-electron chi connectivity index (χ1n) is 6.88. The number of aromatic nitrogens is 2. The van der Waals surface area contributed by atoms with Crippen molar-refractivity contribution in [2.45, 2.75) is 13.8 Å². The number of hydrogen-bond acceptors (Lipinski definition) is 4. The van der Waals surface area contributed by atoms with Crippen LogP contribution in [-0.4, -0.2) is 29.0 Å². The third-order valence-corrected chi connectivity index (χ3v) is 3.12. The molecule has 0 saturated heterocycles. The maximum Gasteiger partial charge on any atom is 0.266 e. The Labute approximate surface area is 129 Å². The molecular formula is C17H18N4O. The molecule has 0 bridgehead atoms. The molecule has 0 atom stereocenters. The molecule has 0 aliphatic heterocycles. The minimum Gasteiger partial charge on any atom is -0.383 e. The van der Waals surface area contributed by atoms with E-state index in [0.717, 1.165) is 22.5 Å². The number of nitrogens with one attached hydrogen (secondary N) is 1. The Hall–Kier alpha value is -2.87. The van der Waals surface area contributed by atoms with E-state index in [1.165, 1.54) is 0 Å². The molecule has 0 amide bonds. The van der Waals surface area contributed by atoms with Gasteiger partial charge in [-0.05, 0) is 43.7 Å². The Morgan fingerprint density at radius 2 is 1.86 bits per heavy atom. The van der Waals surface area contributed by atoms with Crippen LogP contribution in [0.3, 0.4) is 0 Å². The van der Waals surface area contributed by atoms with Gasteiger partial charge in [-0.3, -0.25) is 9.78 Å². The van der Waals surface area contributed by atoms with Crippen LogP contribution in [0.15, 0.2) is 29.2 Å². The number of nitrogens with zero attached hydrogens (tertiary/aromatic N) is 3. The van der Waals surface area contributed by atoms with E-state index in [2.05, 4.69) is 9.97 Å². The summed E-state index contributed by atoms with van der Waals surface area (Å²) in [5.41, 5.74) is 3.91. The first-order valence-corrected chi connectivity index (χ1v) is 6.88. The summed E-state index contributed by atoms with van der Waals surface area (Å²) < 4.78 is 0. The summed E-state index contributed by atoms with van der Waals surface area (Å²) in [7, 11) is 3.80. The summed E-state index contributed by atoms with van der Waals surface area (Å²) in [5.74, 6) is 0. The quantitative estimate of drug-likeness (QED) is 0.943. The fourth-order valence-electron chi connectivity index (χ4n) is 2.21. The second-order valence-electron chi connectivity index (χ2n) is 5.37. The predicted molar refractivity (Wildman–Crippen MR) is 87.2 cm³/mol. The Kier molecular flexibility index (Phi) is 4.42. The summed E-state index contributed by atoms with van der Waals surface area (Å²) in [6.07, 6.45) is 3.67. The molecule has 0 aromatic carbocycles. The van der Waals surface area contributed by atoms with Crippen LogP contribution in [0.5, 0.6) is 0 Å². The normalized spacial score (nSPS) is 10.7. The number of aryl methyl sites for hydroxylation is 2. The van der Waals surface area contributed by atoms with Crippen LogP contribution in [0.1, 0.15) is 22.6 Å². The molecule has 0 spiro atoms. The fourth-order valence-corrected chi connectivity index (χ4v) is 2.21. The number of hydrogen-bond donors (Lipinski definition) is 1. The van der Waals surface area contributed by atoms with Gasteiger partial charge in [-0.15, -0.1) is 0 Å².